The molecule has 1 saturated heterocycles. The Balaban J connectivity index is 0.00000132. The fourth-order valence-electron chi connectivity index (χ4n) is 3.79. The Morgan fingerprint density at radius 2 is 2.30 bits per heavy atom. The van der Waals surface area contributed by atoms with E-state index in [4.69, 9.17) is 0 Å². The zero-order valence-electron chi connectivity index (χ0n) is 13.8. The van der Waals surface area contributed by atoms with Crippen LogP contribution in [0.1, 0.15) is 56.3 Å². The summed E-state index contributed by atoms with van der Waals surface area (Å²) in [5.74, 6) is 0.746. The van der Waals surface area contributed by atoms with Gasteiger partial charge in [0.1, 0.15) is 0 Å². The molecule has 2 heterocycles. The number of carbonyl (C=O) groups excluding carboxylic acids is 1. The number of halogens is 2. The molecule has 1 saturated carbocycles. The summed E-state index contributed by atoms with van der Waals surface area (Å²) in [5, 5.41) is 9.89. The summed E-state index contributed by atoms with van der Waals surface area (Å²) in [5.41, 5.74) is 0.829. The lowest BCUT2D eigenvalue weighted by atomic mass is 9.67. The molecule has 2 N–H and O–H groups in total. The highest BCUT2D eigenvalue weighted by Crippen LogP contribution is 2.44. The molecule has 1 aromatic heterocycles. The molecular weight excluding hydrogens is 353 g/mol. The maximum absolute atomic E-state index is 12.9. The van der Waals surface area contributed by atoms with Crippen molar-refractivity contribution < 1.29 is 4.79 Å². The van der Waals surface area contributed by atoms with Crippen molar-refractivity contribution in [2.75, 3.05) is 13.1 Å². The summed E-state index contributed by atoms with van der Waals surface area (Å²) in [6.45, 7) is 6.00. The molecule has 4 nitrogen and oxygen atoms in total. The molecular formula is C16H27Cl2N3OS. The van der Waals surface area contributed by atoms with Gasteiger partial charge in [0.25, 0.3) is 0 Å². The maximum Gasteiger partial charge on any atom is 0.228 e. The summed E-state index contributed by atoms with van der Waals surface area (Å²) in [4.78, 5) is 17.5. The monoisotopic (exact) mass is 379 g/mol. The molecule has 1 unspecified atom stereocenters. The number of amides is 1. The quantitative estimate of drug-likeness (QED) is 0.841. The molecule has 2 aliphatic rings. The lowest BCUT2D eigenvalue weighted by molar-refractivity contribution is -0.134. The molecule has 0 aromatic carbocycles. The summed E-state index contributed by atoms with van der Waals surface area (Å²) >= 11 is 1.68. The number of fused-ring (bicyclic) bond motifs is 1. The average Bonchev–Trinajstić information content (AvgIpc) is 3.14. The van der Waals surface area contributed by atoms with E-state index in [1.165, 1.54) is 19.3 Å². The first-order valence-electron chi connectivity index (χ1n) is 8.11. The van der Waals surface area contributed by atoms with Gasteiger partial charge in [-0.3, -0.25) is 4.79 Å². The molecule has 23 heavy (non-hydrogen) atoms. The Bertz CT molecular complexity index is 525. The molecule has 0 bridgehead atoms. The van der Waals surface area contributed by atoms with E-state index >= 15 is 0 Å². The van der Waals surface area contributed by atoms with Crippen molar-refractivity contribution in [2.24, 2.45) is 11.3 Å². The van der Waals surface area contributed by atoms with Crippen LogP contribution < -0.4 is 10.6 Å². The van der Waals surface area contributed by atoms with Crippen LogP contribution in [0.15, 0.2) is 5.38 Å². The lowest BCUT2D eigenvalue weighted by Gasteiger charge is -2.37. The third kappa shape index (κ3) is 4.01. The Morgan fingerprint density at radius 1 is 1.52 bits per heavy atom. The average molecular weight is 380 g/mol. The molecule has 0 spiro atoms. The molecule has 1 amide bonds. The van der Waals surface area contributed by atoms with Crippen molar-refractivity contribution in [1.82, 2.24) is 15.6 Å². The molecule has 1 aromatic rings. The maximum atomic E-state index is 12.9. The third-order valence-electron chi connectivity index (χ3n) is 5.15. The van der Waals surface area contributed by atoms with Crippen molar-refractivity contribution in [2.45, 2.75) is 52.0 Å². The molecule has 0 radical (unpaired) electrons. The molecule has 7 heteroatoms. The van der Waals surface area contributed by atoms with Crippen LogP contribution in [0.2, 0.25) is 0 Å². The van der Waals surface area contributed by atoms with Crippen LogP contribution in [0, 0.1) is 11.3 Å². The minimum atomic E-state index is -0.171. The molecule has 1 aliphatic carbocycles. The van der Waals surface area contributed by atoms with Crippen molar-refractivity contribution in [3.05, 3.63) is 16.1 Å². The van der Waals surface area contributed by atoms with Crippen molar-refractivity contribution in [3.8, 4) is 0 Å². The number of carbonyl (C=O) groups is 1. The Hall–Kier alpha value is -0.360. The summed E-state index contributed by atoms with van der Waals surface area (Å²) < 4.78 is 0. The SMILES string of the molecule is CCc1nc(C(C)NC(=O)[C@@]23CCCC[C@H]2CNC3)cs1.Cl.Cl. The molecule has 3 atom stereocenters. The first-order chi connectivity index (χ1) is 10.2. The van der Waals surface area contributed by atoms with Crippen molar-refractivity contribution >= 4 is 42.1 Å². The predicted octanol–water partition coefficient (Wildman–Crippen LogP) is 3.51. The van der Waals surface area contributed by atoms with Gasteiger partial charge in [0.05, 0.1) is 22.2 Å². The minimum Gasteiger partial charge on any atom is -0.347 e. The van der Waals surface area contributed by atoms with Gasteiger partial charge in [-0.1, -0.05) is 19.8 Å². The number of nitrogens with one attached hydrogen (secondary N) is 2. The van der Waals surface area contributed by atoms with Crippen LogP contribution in [0.5, 0.6) is 0 Å². The van der Waals surface area contributed by atoms with Gasteiger partial charge in [0.15, 0.2) is 0 Å². The topological polar surface area (TPSA) is 54.0 Å². The van der Waals surface area contributed by atoms with E-state index in [0.717, 1.165) is 36.6 Å². The smallest absolute Gasteiger partial charge is 0.228 e. The van der Waals surface area contributed by atoms with E-state index in [2.05, 4.69) is 27.9 Å². The van der Waals surface area contributed by atoms with Gasteiger partial charge in [-0.15, -0.1) is 36.2 Å². The van der Waals surface area contributed by atoms with E-state index in [9.17, 15) is 4.79 Å². The van der Waals surface area contributed by atoms with Crippen molar-refractivity contribution in [1.29, 1.82) is 0 Å². The number of aryl methyl sites for hydroxylation is 1. The Kier molecular flexibility index (Phi) is 7.78. The minimum absolute atomic E-state index is 0. The number of aromatic nitrogens is 1. The normalized spacial score (nSPS) is 27.3. The van der Waals surface area contributed by atoms with E-state index in [-0.39, 0.29) is 42.2 Å². The van der Waals surface area contributed by atoms with Crippen LogP contribution in [0.3, 0.4) is 0 Å². The Morgan fingerprint density at radius 3 is 3.00 bits per heavy atom. The second-order valence-corrected chi connectivity index (χ2v) is 7.39. The van der Waals surface area contributed by atoms with Gasteiger partial charge in [0.2, 0.25) is 5.91 Å². The zero-order chi connectivity index (χ0) is 14.9. The van der Waals surface area contributed by atoms with E-state index < -0.39 is 0 Å². The van der Waals surface area contributed by atoms with E-state index in [1.54, 1.807) is 11.3 Å². The lowest BCUT2D eigenvalue weighted by Crippen LogP contribution is -2.48. The summed E-state index contributed by atoms with van der Waals surface area (Å²) in [6.07, 6.45) is 5.62. The van der Waals surface area contributed by atoms with Crippen LogP contribution >= 0.6 is 36.2 Å². The van der Waals surface area contributed by atoms with Gasteiger partial charge in [-0.25, -0.2) is 4.98 Å². The van der Waals surface area contributed by atoms with Crippen LogP contribution in [0.4, 0.5) is 0 Å². The van der Waals surface area contributed by atoms with Crippen LogP contribution in [-0.4, -0.2) is 24.0 Å². The highest BCUT2D eigenvalue weighted by molar-refractivity contribution is 7.09. The molecule has 3 rings (SSSR count). The zero-order valence-corrected chi connectivity index (χ0v) is 16.2. The van der Waals surface area contributed by atoms with E-state index in [1.807, 2.05) is 6.92 Å². The number of hydrogen-bond acceptors (Lipinski definition) is 4. The molecule has 2 fully saturated rings. The summed E-state index contributed by atoms with van der Waals surface area (Å²) in [6, 6.07) is 0.00611. The second-order valence-electron chi connectivity index (χ2n) is 6.44. The van der Waals surface area contributed by atoms with Crippen LogP contribution in [0.25, 0.3) is 0 Å². The fourth-order valence-corrected chi connectivity index (χ4v) is 4.63. The third-order valence-corrected chi connectivity index (χ3v) is 6.16. The van der Waals surface area contributed by atoms with Gasteiger partial charge in [0, 0.05) is 11.9 Å². The molecule has 132 valence electrons. The first-order valence-corrected chi connectivity index (χ1v) is 8.99. The van der Waals surface area contributed by atoms with Gasteiger partial charge in [-0.05, 0) is 38.6 Å². The summed E-state index contributed by atoms with van der Waals surface area (Å²) in [7, 11) is 0. The van der Waals surface area contributed by atoms with E-state index in [0.29, 0.717) is 5.92 Å². The fraction of sp³-hybridized carbons (Fsp3) is 0.750. The highest BCUT2D eigenvalue weighted by atomic mass is 35.5. The standard InChI is InChI=1S/C16H25N3OS.2ClH/c1-3-14-19-13(9-21-14)11(2)18-15(20)16-7-5-4-6-12(16)8-17-10-16;;/h9,11-12,17H,3-8,10H2,1-2H3,(H,18,20);2*1H/t11?,12-,16+;;/m0../s1. The van der Waals surface area contributed by atoms with Gasteiger partial charge < -0.3 is 10.6 Å². The first kappa shape index (κ1) is 20.7. The van der Waals surface area contributed by atoms with Gasteiger partial charge >= 0.3 is 0 Å². The van der Waals surface area contributed by atoms with Gasteiger partial charge in [-0.2, -0.15) is 0 Å². The number of hydrogen-bond donors (Lipinski definition) is 2. The number of nitrogens with zero attached hydrogens (tertiary/aromatic N) is 1. The van der Waals surface area contributed by atoms with Crippen LogP contribution in [-0.2, 0) is 11.2 Å². The molecule has 1 aliphatic heterocycles. The highest BCUT2D eigenvalue weighted by Gasteiger charge is 2.50. The predicted molar refractivity (Wildman–Crippen MR) is 99.8 cm³/mol. The number of rotatable bonds is 4. The Labute approximate surface area is 155 Å². The van der Waals surface area contributed by atoms with Crippen molar-refractivity contribution in [3.63, 3.8) is 0 Å². The largest absolute Gasteiger partial charge is 0.347 e. The second kappa shape index (κ2) is 8.65. The number of thiazole rings is 1.